The molecule has 53 heavy (non-hydrogen) atoms. The Balaban J connectivity index is 0.00000400. The fourth-order valence-electron chi connectivity index (χ4n) is 6.89. The summed E-state index contributed by atoms with van der Waals surface area (Å²) in [4.78, 5) is 18.4. The molecule has 2 aliphatic rings. The Bertz CT molecular complexity index is 2370. The summed E-state index contributed by atoms with van der Waals surface area (Å²) in [6.07, 6.45) is 8.49. The summed E-state index contributed by atoms with van der Waals surface area (Å²) in [5.41, 5.74) is 15.6. The smallest absolute Gasteiger partial charge is 0.354 e. The number of halogens is 4. The molecule has 9 rings (SSSR count). The minimum absolute atomic E-state index is 0. The van der Waals surface area contributed by atoms with Crippen LogP contribution in [0.3, 0.4) is 0 Å². The summed E-state index contributed by atoms with van der Waals surface area (Å²) in [6.45, 7) is 0. The van der Waals surface area contributed by atoms with E-state index in [1.165, 1.54) is 0 Å². The van der Waals surface area contributed by atoms with Gasteiger partial charge in [-0.3, -0.25) is 0 Å². The third-order valence-corrected chi connectivity index (χ3v) is 11.4. The Labute approximate surface area is 353 Å². The van der Waals surface area contributed by atoms with Crippen molar-refractivity contribution in [3.8, 4) is 44.5 Å². The van der Waals surface area contributed by atoms with Crippen LogP contribution in [0.2, 0.25) is 0 Å². The van der Waals surface area contributed by atoms with E-state index in [2.05, 4.69) is 219 Å². The molecule has 0 fully saturated rings. The quantitative estimate of drug-likeness (QED) is 0.173. The Morgan fingerprint density at radius 2 is 0.509 bits per heavy atom. The minimum Gasteiger partial charge on any atom is -0.354 e. The van der Waals surface area contributed by atoms with Gasteiger partial charge in [0.25, 0.3) is 0 Å². The molecule has 0 unspecified atom stereocenters. The van der Waals surface area contributed by atoms with Crippen molar-refractivity contribution in [1.29, 1.82) is 0 Å². The van der Waals surface area contributed by atoms with E-state index in [4.69, 9.17) is 9.97 Å². The fraction of sp³-hybridized carbons (Fsp3) is 0. The van der Waals surface area contributed by atoms with Crippen LogP contribution in [-0.4, -0.2) is 19.9 Å². The van der Waals surface area contributed by atoms with Crippen LogP contribution < -0.4 is 0 Å². The van der Waals surface area contributed by atoms with Crippen molar-refractivity contribution in [3.63, 3.8) is 0 Å². The van der Waals surface area contributed by atoms with Crippen LogP contribution in [0.4, 0.5) is 0 Å². The van der Waals surface area contributed by atoms with Gasteiger partial charge in [-0.2, -0.15) is 0 Å². The fourth-order valence-corrected chi connectivity index (χ4v) is 7.94. The predicted molar refractivity (Wildman–Crippen MR) is 231 cm³/mol. The molecule has 2 aliphatic heterocycles. The van der Waals surface area contributed by atoms with Gasteiger partial charge in [0.05, 0.1) is 22.8 Å². The molecule has 4 aromatic carbocycles. The molecule has 0 radical (unpaired) electrons. The molecular weight excluding hydrogens is 1010 g/mol. The Kier molecular flexibility index (Phi) is 10.2. The maximum Gasteiger partial charge on any atom is 2.00 e. The van der Waals surface area contributed by atoms with Crippen LogP contribution in [0, 0.1) is 0 Å². The SMILES string of the molecule is Brc1ccc(-c2c3nc(c(-c4ccc(Br)cc4)c4ccc([nH]4)c(-c4ccc(Br)cc4)c4nc(c(-c5ccc(Br)cc5)c5ccc2[nH]5)C=C4)C=C3)cc1.[Pd+2]. The van der Waals surface area contributed by atoms with Crippen LogP contribution >= 0.6 is 63.7 Å². The van der Waals surface area contributed by atoms with E-state index in [1.807, 2.05) is 0 Å². The van der Waals surface area contributed by atoms with Crippen LogP contribution in [0.1, 0.15) is 22.8 Å². The molecule has 0 aliphatic carbocycles. The number of H-pyrrole nitrogens is 2. The van der Waals surface area contributed by atoms with Gasteiger partial charge in [0.15, 0.2) is 0 Å². The Morgan fingerprint density at radius 1 is 0.302 bits per heavy atom. The van der Waals surface area contributed by atoms with Crippen LogP contribution in [0.15, 0.2) is 139 Å². The van der Waals surface area contributed by atoms with Gasteiger partial charge in [0, 0.05) is 62.2 Å². The molecule has 258 valence electrons. The first-order valence-corrected chi connectivity index (χ1v) is 19.8. The monoisotopic (exact) mass is 1030 g/mol. The topological polar surface area (TPSA) is 57.4 Å². The van der Waals surface area contributed by atoms with Gasteiger partial charge in [-0.1, -0.05) is 112 Å². The van der Waals surface area contributed by atoms with E-state index in [9.17, 15) is 0 Å². The summed E-state index contributed by atoms with van der Waals surface area (Å²) in [5, 5.41) is 0. The van der Waals surface area contributed by atoms with Crippen molar-refractivity contribution >= 4 is 110 Å². The predicted octanol–water partition coefficient (Wildman–Crippen LogP) is 14.4. The van der Waals surface area contributed by atoms with Crippen molar-refractivity contribution in [3.05, 3.63) is 162 Å². The molecule has 0 saturated carbocycles. The zero-order chi connectivity index (χ0) is 35.3. The summed E-state index contributed by atoms with van der Waals surface area (Å²) in [6, 6.07) is 42.2. The molecule has 0 atom stereocenters. The van der Waals surface area contributed by atoms with Crippen LogP contribution in [0.5, 0.6) is 0 Å². The molecular formula is C44H26Br4N4Pd+2. The summed E-state index contributed by atoms with van der Waals surface area (Å²) >= 11 is 14.5. The first-order chi connectivity index (χ1) is 25.4. The van der Waals surface area contributed by atoms with Crippen molar-refractivity contribution < 1.29 is 20.4 Å². The van der Waals surface area contributed by atoms with Gasteiger partial charge in [-0.05, 0) is 119 Å². The largest absolute Gasteiger partial charge is 2.00 e. The second-order valence-electron chi connectivity index (χ2n) is 12.5. The molecule has 0 amide bonds. The number of nitrogens with one attached hydrogen (secondary N) is 2. The zero-order valence-electron chi connectivity index (χ0n) is 27.6. The molecule has 0 saturated heterocycles. The van der Waals surface area contributed by atoms with E-state index >= 15 is 0 Å². The van der Waals surface area contributed by atoms with E-state index in [-0.39, 0.29) is 20.4 Å². The molecule has 3 aromatic heterocycles. The number of fused-ring (bicyclic) bond motifs is 8. The van der Waals surface area contributed by atoms with Crippen molar-refractivity contribution in [2.45, 2.75) is 0 Å². The number of hydrogen-bond acceptors (Lipinski definition) is 2. The standard InChI is InChI=1S/C44H26Br4N4.Pd/c45-29-9-1-25(2-10-29)41-33-17-19-35(49-33)42(26-3-11-30(46)12-4-26)37-21-23-39(51-37)44(28-7-15-32(48)16-8-28)40-24-22-38(52-40)43(36-20-18-34(41)50-36)27-5-13-31(47)14-6-27;/h1-24,49,52H;/q;+2. The summed E-state index contributed by atoms with van der Waals surface area (Å²) in [7, 11) is 0. The first kappa shape index (κ1) is 36.1. The summed E-state index contributed by atoms with van der Waals surface area (Å²) in [5.74, 6) is 0. The van der Waals surface area contributed by atoms with Crippen molar-refractivity contribution in [2.75, 3.05) is 0 Å². The molecule has 7 aromatic rings. The van der Waals surface area contributed by atoms with Crippen molar-refractivity contribution in [2.24, 2.45) is 0 Å². The van der Waals surface area contributed by atoms with Crippen LogP contribution in [0.25, 0.3) is 90.9 Å². The number of rotatable bonds is 4. The average Bonchev–Trinajstić information content (AvgIpc) is 3.99. The molecule has 9 heteroatoms. The Morgan fingerprint density at radius 3 is 0.717 bits per heavy atom. The van der Waals surface area contributed by atoms with Gasteiger partial charge in [-0.25, -0.2) is 9.97 Å². The number of hydrogen-bond donors (Lipinski definition) is 2. The number of nitrogens with zero attached hydrogens (tertiary/aromatic N) is 2. The maximum atomic E-state index is 5.38. The molecule has 4 nitrogen and oxygen atoms in total. The second-order valence-corrected chi connectivity index (χ2v) is 16.2. The summed E-state index contributed by atoms with van der Waals surface area (Å²) < 4.78 is 4.07. The molecule has 8 bridgehead atoms. The first-order valence-electron chi connectivity index (χ1n) is 16.6. The van der Waals surface area contributed by atoms with Crippen molar-refractivity contribution in [1.82, 2.24) is 19.9 Å². The number of aromatic nitrogens is 4. The van der Waals surface area contributed by atoms with Gasteiger partial charge in [0.2, 0.25) is 0 Å². The van der Waals surface area contributed by atoms with E-state index < -0.39 is 0 Å². The number of aromatic amines is 2. The van der Waals surface area contributed by atoms with Gasteiger partial charge >= 0.3 is 20.4 Å². The van der Waals surface area contributed by atoms with Crippen LogP contribution in [-0.2, 0) is 20.4 Å². The third-order valence-electron chi connectivity index (χ3n) is 9.29. The molecule has 5 heterocycles. The third kappa shape index (κ3) is 7.07. The zero-order valence-corrected chi connectivity index (χ0v) is 35.5. The van der Waals surface area contributed by atoms with E-state index in [0.717, 1.165) is 107 Å². The van der Waals surface area contributed by atoms with E-state index in [1.54, 1.807) is 0 Å². The second kappa shape index (κ2) is 15.1. The average molecular weight is 1040 g/mol. The maximum absolute atomic E-state index is 5.38. The van der Waals surface area contributed by atoms with Gasteiger partial charge < -0.3 is 9.97 Å². The molecule has 0 spiro atoms. The number of benzene rings is 4. The van der Waals surface area contributed by atoms with E-state index in [0.29, 0.717) is 0 Å². The van der Waals surface area contributed by atoms with Gasteiger partial charge in [-0.15, -0.1) is 0 Å². The minimum atomic E-state index is 0. The Hall–Kier alpha value is -3.94. The normalized spacial score (nSPS) is 11.8. The molecule has 2 N–H and O–H groups in total. The van der Waals surface area contributed by atoms with Gasteiger partial charge in [0.1, 0.15) is 0 Å².